The Kier molecular flexibility index (Phi) is 5.66. The number of ketones is 1. The van der Waals surface area contributed by atoms with Gasteiger partial charge in [-0.1, -0.05) is 39.4 Å². The van der Waals surface area contributed by atoms with Crippen LogP contribution in [-0.2, 0) is 9.59 Å². The number of Topliss-reactive ketones (excluding diaryl/α,β-unsaturated/α-hetero) is 1. The molecule has 1 aromatic heterocycles. The highest BCUT2D eigenvalue weighted by molar-refractivity contribution is 9.10. The van der Waals surface area contributed by atoms with Crippen LogP contribution < -0.4 is 9.64 Å². The second kappa shape index (κ2) is 8.66. The van der Waals surface area contributed by atoms with Gasteiger partial charge in [-0.25, -0.2) is 9.37 Å². The molecule has 170 valence electrons. The van der Waals surface area contributed by atoms with Crippen molar-refractivity contribution in [3.05, 3.63) is 93.7 Å². The van der Waals surface area contributed by atoms with Crippen molar-refractivity contribution >= 4 is 60.1 Å². The van der Waals surface area contributed by atoms with Crippen molar-refractivity contribution in [3.63, 3.8) is 0 Å². The highest BCUT2D eigenvalue weighted by Crippen LogP contribution is 2.44. The first kappa shape index (κ1) is 22.2. The molecule has 9 heteroatoms. The molecule has 3 aromatic carbocycles. The molecule has 0 spiro atoms. The van der Waals surface area contributed by atoms with E-state index in [4.69, 9.17) is 4.74 Å². The standard InChI is InChI=1S/C25H16BrFN2O4S/c1-33-17-10-11-18-19(12-17)34-25(28-18)29-21(13-2-6-15(26)7-3-13)20(23(31)24(29)32)22(30)14-4-8-16(27)9-5-14/h2-12,21,30H,1H3. The number of methoxy groups -OCH3 is 1. The molecule has 1 unspecified atom stereocenters. The zero-order valence-electron chi connectivity index (χ0n) is 17.7. The first-order valence-corrected chi connectivity index (χ1v) is 11.8. The van der Waals surface area contributed by atoms with Crippen LogP contribution in [0.1, 0.15) is 17.2 Å². The van der Waals surface area contributed by atoms with Crippen LogP contribution in [0.25, 0.3) is 16.0 Å². The predicted molar refractivity (Wildman–Crippen MR) is 131 cm³/mol. The Morgan fingerprint density at radius 2 is 1.79 bits per heavy atom. The summed E-state index contributed by atoms with van der Waals surface area (Å²) in [5, 5.41) is 11.4. The van der Waals surface area contributed by atoms with Gasteiger partial charge in [-0.05, 0) is 60.2 Å². The number of amides is 1. The number of aromatic nitrogens is 1. The zero-order valence-corrected chi connectivity index (χ0v) is 20.1. The quantitative estimate of drug-likeness (QED) is 0.201. The van der Waals surface area contributed by atoms with E-state index in [1.807, 2.05) is 0 Å². The smallest absolute Gasteiger partial charge is 0.301 e. The number of carbonyl (C=O) groups excluding carboxylic acids is 2. The van der Waals surface area contributed by atoms with E-state index in [2.05, 4.69) is 20.9 Å². The molecule has 1 atom stereocenters. The van der Waals surface area contributed by atoms with Crippen LogP contribution in [0.2, 0.25) is 0 Å². The van der Waals surface area contributed by atoms with Crippen molar-refractivity contribution in [1.29, 1.82) is 0 Å². The van der Waals surface area contributed by atoms with Gasteiger partial charge in [-0.15, -0.1) is 0 Å². The van der Waals surface area contributed by atoms with Crippen molar-refractivity contribution in [2.45, 2.75) is 6.04 Å². The average Bonchev–Trinajstić information content (AvgIpc) is 3.37. The van der Waals surface area contributed by atoms with Gasteiger partial charge in [0, 0.05) is 10.0 Å². The normalized spacial score (nSPS) is 17.5. The Hall–Kier alpha value is -3.56. The van der Waals surface area contributed by atoms with E-state index >= 15 is 0 Å². The molecule has 0 radical (unpaired) electrons. The van der Waals surface area contributed by atoms with Crippen LogP contribution in [0.3, 0.4) is 0 Å². The van der Waals surface area contributed by atoms with Crippen LogP contribution in [0.4, 0.5) is 9.52 Å². The van der Waals surface area contributed by atoms with Crippen molar-refractivity contribution in [3.8, 4) is 5.75 Å². The van der Waals surface area contributed by atoms with Gasteiger partial charge in [0.15, 0.2) is 5.13 Å². The molecule has 1 saturated heterocycles. The number of benzene rings is 3. The molecule has 1 amide bonds. The number of hydrogen-bond acceptors (Lipinski definition) is 6. The monoisotopic (exact) mass is 538 g/mol. The van der Waals surface area contributed by atoms with Gasteiger partial charge in [0.1, 0.15) is 17.3 Å². The summed E-state index contributed by atoms with van der Waals surface area (Å²) in [6, 6.07) is 16.6. The van der Waals surface area contributed by atoms with Crippen LogP contribution in [-0.4, -0.2) is 28.9 Å². The van der Waals surface area contributed by atoms with E-state index in [-0.39, 0.29) is 16.9 Å². The predicted octanol–water partition coefficient (Wildman–Crippen LogP) is 5.83. The minimum Gasteiger partial charge on any atom is -0.507 e. The number of thiazole rings is 1. The second-order valence-electron chi connectivity index (χ2n) is 7.56. The molecule has 1 N–H and O–H groups in total. The number of halogens is 2. The largest absolute Gasteiger partial charge is 0.507 e. The minimum absolute atomic E-state index is 0.0873. The van der Waals surface area contributed by atoms with E-state index in [1.165, 1.54) is 40.5 Å². The summed E-state index contributed by atoms with van der Waals surface area (Å²) in [5.74, 6) is -1.86. The maximum Gasteiger partial charge on any atom is 0.301 e. The fraction of sp³-hybridized carbons (Fsp3) is 0.0800. The lowest BCUT2D eigenvalue weighted by molar-refractivity contribution is -0.132. The Morgan fingerprint density at radius 1 is 1.09 bits per heavy atom. The molecule has 0 bridgehead atoms. The molecule has 0 aliphatic carbocycles. The lowest BCUT2D eigenvalue weighted by Crippen LogP contribution is -2.29. The minimum atomic E-state index is -0.916. The third-order valence-electron chi connectivity index (χ3n) is 5.54. The summed E-state index contributed by atoms with van der Waals surface area (Å²) < 4.78 is 20.3. The molecule has 2 heterocycles. The summed E-state index contributed by atoms with van der Waals surface area (Å²) in [5.41, 5.74) is 1.41. The second-order valence-corrected chi connectivity index (χ2v) is 9.48. The van der Waals surface area contributed by atoms with Crippen LogP contribution in [0, 0.1) is 5.82 Å². The SMILES string of the molecule is COc1ccc2nc(N3C(=O)C(=O)C(=C(O)c4ccc(F)cc4)C3c3ccc(Br)cc3)sc2c1. The van der Waals surface area contributed by atoms with Crippen molar-refractivity contribution in [2.75, 3.05) is 12.0 Å². The van der Waals surface area contributed by atoms with E-state index in [0.29, 0.717) is 22.0 Å². The van der Waals surface area contributed by atoms with Gasteiger partial charge in [0.05, 0.1) is 28.9 Å². The third kappa shape index (κ3) is 3.76. The summed E-state index contributed by atoms with van der Waals surface area (Å²) in [4.78, 5) is 32.3. The first-order valence-electron chi connectivity index (χ1n) is 10.1. The van der Waals surface area contributed by atoms with Gasteiger partial charge >= 0.3 is 5.91 Å². The molecule has 4 aromatic rings. The Bertz CT molecular complexity index is 1460. The zero-order chi connectivity index (χ0) is 24.0. The molecule has 6 nitrogen and oxygen atoms in total. The highest BCUT2D eigenvalue weighted by Gasteiger charge is 2.48. The van der Waals surface area contributed by atoms with Crippen LogP contribution in [0.15, 0.2) is 76.8 Å². The summed E-state index contributed by atoms with van der Waals surface area (Å²) in [6.07, 6.45) is 0. The topological polar surface area (TPSA) is 79.7 Å². The van der Waals surface area contributed by atoms with E-state index in [1.54, 1.807) is 49.6 Å². The number of nitrogens with zero attached hydrogens (tertiary/aromatic N) is 2. The molecule has 1 aliphatic rings. The Labute approximate surface area is 206 Å². The molecule has 34 heavy (non-hydrogen) atoms. The highest BCUT2D eigenvalue weighted by atomic mass is 79.9. The number of fused-ring (bicyclic) bond motifs is 1. The van der Waals surface area contributed by atoms with Crippen molar-refractivity contribution in [1.82, 2.24) is 4.98 Å². The summed E-state index contributed by atoms with van der Waals surface area (Å²) in [6.45, 7) is 0. The van der Waals surface area contributed by atoms with E-state index in [9.17, 15) is 19.1 Å². The average molecular weight is 539 g/mol. The number of ether oxygens (including phenoxy) is 1. The van der Waals surface area contributed by atoms with Gasteiger partial charge in [0.2, 0.25) is 0 Å². The first-order chi connectivity index (χ1) is 16.4. The maximum atomic E-state index is 13.4. The lowest BCUT2D eigenvalue weighted by Gasteiger charge is -2.23. The molecule has 5 rings (SSSR count). The Balaban J connectivity index is 1.71. The maximum absolute atomic E-state index is 13.4. The van der Waals surface area contributed by atoms with Crippen molar-refractivity contribution in [2.24, 2.45) is 0 Å². The van der Waals surface area contributed by atoms with Crippen molar-refractivity contribution < 1.29 is 23.8 Å². The molecular weight excluding hydrogens is 523 g/mol. The van der Waals surface area contributed by atoms with Crippen LogP contribution in [0.5, 0.6) is 5.75 Å². The molecule has 1 fully saturated rings. The Morgan fingerprint density at radius 3 is 2.47 bits per heavy atom. The number of rotatable bonds is 4. The van der Waals surface area contributed by atoms with E-state index < -0.39 is 23.5 Å². The van der Waals surface area contributed by atoms with Gasteiger partial charge in [-0.2, -0.15) is 0 Å². The lowest BCUT2D eigenvalue weighted by atomic mass is 9.95. The van der Waals surface area contributed by atoms with Gasteiger partial charge in [0.25, 0.3) is 5.78 Å². The summed E-state index contributed by atoms with van der Waals surface area (Å²) >= 11 is 4.64. The van der Waals surface area contributed by atoms with Crippen LogP contribution >= 0.6 is 27.3 Å². The number of hydrogen-bond donors (Lipinski definition) is 1. The van der Waals surface area contributed by atoms with Gasteiger partial charge < -0.3 is 9.84 Å². The van der Waals surface area contributed by atoms with Gasteiger partial charge in [-0.3, -0.25) is 14.5 Å². The fourth-order valence-corrected chi connectivity index (χ4v) is 5.16. The molecular formula is C25H16BrFN2O4S. The molecule has 1 aliphatic heterocycles. The third-order valence-corrected chi connectivity index (χ3v) is 7.08. The number of aliphatic hydroxyl groups is 1. The molecule has 0 saturated carbocycles. The van der Waals surface area contributed by atoms with E-state index in [0.717, 1.165) is 9.17 Å². The number of aliphatic hydroxyl groups excluding tert-OH is 1. The number of carbonyl (C=O) groups is 2. The summed E-state index contributed by atoms with van der Waals surface area (Å²) in [7, 11) is 1.56. The number of anilines is 1. The fourth-order valence-electron chi connectivity index (χ4n) is 3.88.